The average Bonchev–Trinajstić information content (AvgIpc) is 2.72. The van der Waals surface area contributed by atoms with Crippen molar-refractivity contribution in [2.75, 3.05) is 26.2 Å². The maximum Gasteiger partial charge on any atom is 0.220 e. The molecule has 0 fully saturated rings. The maximum atomic E-state index is 11.7. The molecule has 29 heavy (non-hydrogen) atoms. The number of amides is 1. The minimum Gasteiger partial charge on any atom is -0.355 e. The second kappa shape index (κ2) is 25.4. The Morgan fingerprint density at radius 3 is 1.41 bits per heavy atom. The molecule has 0 radical (unpaired) electrons. The van der Waals surface area contributed by atoms with Gasteiger partial charge in [0.2, 0.25) is 5.91 Å². The van der Waals surface area contributed by atoms with Gasteiger partial charge in [0.15, 0.2) is 0 Å². The number of carbonyl (C=O) groups is 1. The van der Waals surface area contributed by atoms with Gasteiger partial charge in [-0.3, -0.25) is 4.79 Å². The topological polar surface area (TPSA) is 67.2 Å². The molecular weight excluding hydrogens is 358 g/mol. The Labute approximate surface area is 182 Å². The molecule has 4 N–H and O–H groups in total. The molecule has 0 rings (SSSR count). The van der Waals surface area contributed by atoms with Crippen LogP contribution in [-0.2, 0) is 4.79 Å². The summed E-state index contributed by atoms with van der Waals surface area (Å²) in [4.78, 5) is 11.7. The van der Waals surface area contributed by atoms with Crippen LogP contribution < -0.4 is 16.4 Å². The van der Waals surface area contributed by atoms with Crippen LogP contribution in [0.15, 0.2) is 0 Å². The third kappa shape index (κ3) is 25.4. The van der Waals surface area contributed by atoms with Crippen LogP contribution in [-0.4, -0.2) is 32.1 Å². The highest BCUT2D eigenvalue weighted by Crippen LogP contribution is 2.14. The van der Waals surface area contributed by atoms with Gasteiger partial charge >= 0.3 is 0 Å². The molecule has 0 saturated carbocycles. The lowest BCUT2D eigenvalue weighted by molar-refractivity contribution is -0.121. The van der Waals surface area contributed by atoms with Gasteiger partial charge in [-0.25, -0.2) is 0 Å². The van der Waals surface area contributed by atoms with Crippen LogP contribution in [0.5, 0.6) is 0 Å². The highest BCUT2D eigenvalue weighted by Gasteiger charge is 2.00. The molecule has 0 aliphatic rings. The summed E-state index contributed by atoms with van der Waals surface area (Å²) < 4.78 is 0. The predicted molar refractivity (Wildman–Crippen MR) is 128 cm³/mol. The lowest BCUT2D eigenvalue weighted by Gasteiger charge is -2.06. The zero-order valence-electron chi connectivity index (χ0n) is 19.7. The summed E-state index contributed by atoms with van der Waals surface area (Å²) in [6.45, 7) is 5.26. The normalized spacial score (nSPS) is 11.1. The second-order valence-corrected chi connectivity index (χ2v) is 8.65. The van der Waals surface area contributed by atoms with Crippen molar-refractivity contribution in [3.8, 4) is 0 Å². The van der Waals surface area contributed by atoms with E-state index in [9.17, 15) is 4.79 Å². The zero-order chi connectivity index (χ0) is 21.3. The standard InChI is InChI=1S/C25H53N3O/c1-2-3-4-5-6-7-8-9-10-11-12-13-14-15-16-17-18-19-20-25(29)28-24-23-27-22-21-26/h27H,2-24,26H2,1H3,(H,28,29). The summed E-state index contributed by atoms with van der Waals surface area (Å²) in [6.07, 6.45) is 25.5. The van der Waals surface area contributed by atoms with E-state index < -0.39 is 0 Å². The van der Waals surface area contributed by atoms with Crippen molar-refractivity contribution in [3.63, 3.8) is 0 Å². The number of rotatable bonds is 24. The third-order valence-corrected chi connectivity index (χ3v) is 5.70. The fourth-order valence-electron chi connectivity index (χ4n) is 3.79. The molecule has 0 aromatic carbocycles. The minimum absolute atomic E-state index is 0.191. The molecule has 4 heteroatoms. The molecule has 0 aromatic rings. The zero-order valence-corrected chi connectivity index (χ0v) is 19.7. The van der Waals surface area contributed by atoms with Gasteiger partial charge in [-0.15, -0.1) is 0 Å². The Morgan fingerprint density at radius 1 is 0.586 bits per heavy atom. The molecule has 174 valence electrons. The van der Waals surface area contributed by atoms with Crippen molar-refractivity contribution in [1.82, 2.24) is 10.6 Å². The van der Waals surface area contributed by atoms with Crippen LogP contribution in [0.1, 0.15) is 129 Å². The summed E-state index contributed by atoms with van der Waals surface area (Å²) in [6, 6.07) is 0. The molecule has 0 bridgehead atoms. The van der Waals surface area contributed by atoms with Crippen LogP contribution in [0, 0.1) is 0 Å². The number of nitrogens with two attached hydrogens (primary N) is 1. The van der Waals surface area contributed by atoms with E-state index in [1.165, 1.54) is 109 Å². The van der Waals surface area contributed by atoms with E-state index >= 15 is 0 Å². The molecule has 0 atom stereocenters. The van der Waals surface area contributed by atoms with Gasteiger partial charge in [0, 0.05) is 32.6 Å². The number of unbranched alkanes of at least 4 members (excludes halogenated alkanes) is 17. The average molecular weight is 412 g/mol. The molecule has 0 saturated heterocycles. The van der Waals surface area contributed by atoms with E-state index in [0.717, 1.165) is 19.5 Å². The second-order valence-electron chi connectivity index (χ2n) is 8.65. The van der Waals surface area contributed by atoms with E-state index in [2.05, 4.69) is 17.6 Å². The predicted octanol–water partition coefficient (Wildman–Crippen LogP) is 6.08. The van der Waals surface area contributed by atoms with Gasteiger partial charge < -0.3 is 16.4 Å². The fraction of sp³-hybridized carbons (Fsp3) is 0.960. The summed E-state index contributed by atoms with van der Waals surface area (Å²) in [5.74, 6) is 0.191. The van der Waals surface area contributed by atoms with E-state index in [0.29, 0.717) is 19.5 Å². The van der Waals surface area contributed by atoms with E-state index in [1.54, 1.807) is 0 Å². The van der Waals surface area contributed by atoms with Crippen molar-refractivity contribution >= 4 is 5.91 Å². The molecule has 0 spiro atoms. The lowest BCUT2D eigenvalue weighted by atomic mass is 10.0. The van der Waals surface area contributed by atoms with Crippen LogP contribution in [0.2, 0.25) is 0 Å². The summed E-state index contributed by atoms with van der Waals surface area (Å²) >= 11 is 0. The molecule has 0 heterocycles. The molecular formula is C25H53N3O. The number of hydrogen-bond acceptors (Lipinski definition) is 3. The first-order valence-corrected chi connectivity index (χ1v) is 13.0. The Morgan fingerprint density at radius 2 is 1.00 bits per heavy atom. The van der Waals surface area contributed by atoms with E-state index in [-0.39, 0.29) is 5.91 Å². The smallest absolute Gasteiger partial charge is 0.220 e. The number of carbonyl (C=O) groups excluding carboxylic acids is 1. The fourth-order valence-corrected chi connectivity index (χ4v) is 3.79. The Balaban J connectivity index is 3.08. The maximum absolute atomic E-state index is 11.7. The monoisotopic (exact) mass is 411 g/mol. The summed E-state index contributed by atoms with van der Waals surface area (Å²) in [7, 11) is 0. The van der Waals surface area contributed by atoms with Crippen LogP contribution in [0.25, 0.3) is 0 Å². The number of hydrogen-bond donors (Lipinski definition) is 3. The quantitative estimate of drug-likeness (QED) is 0.169. The SMILES string of the molecule is CCCCCCCCCCCCCCCCCCCCC(=O)NCCNCCN. The molecule has 0 aliphatic carbocycles. The first-order valence-electron chi connectivity index (χ1n) is 13.0. The van der Waals surface area contributed by atoms with Crippen molar-refractivity contribution in [2.24, 2.45) is 5.73 Å². The molecule has 0 aromatic heterocycles. The molecule has 0 aliphatic heterocycles. The largest absolute Gasteiger partial charge is 0.355 e. The van der Waals surface area contributed by atoms with Crippen molar-refractivity contribution in [1.29, 1.82) is 0 Å². The third-order valence-electron chi connectivity index (χ3n) is 5.70. The van der Waals surface area contributed by atoms with E-state index in [1.807, 2.05) is 0 Å². The summed E-state index contributed by atoms with van der Waals surface area (Å²) in [5, 5.41) is 6.13. The van der Waals surface area contributed by atoms with Crippen molar-refractivity contribution in [2.45, 2.75) is 129 Å². The first kappa shape index (κ1) is 28.4. The number of nitrogens with one attached hydrogen (secondary N) is 2. The van der Waals surface area contributed by atoms with Crippen molar-refractivity contribution < 1.29 is 4.79 Å². The van der Waals surface area contributed by atoms with Crippen LogP contribution in [0.3, 0.4) is 0 Å². The van der Waals surface area contributed by atoms with Gasteiger partial charge in [-0.1, -0.05) is 116 Å². The Bertz CT molecular complexity index is 323. The van der Waals surface area contributed by atoms with Gasteiger partial charge in [0.25, 0.3) is 0 Å². The molecule has 1 amide bonds. The van der Waals surface area contributed by atoms with Crippen LogP contribution in [0.4, 0.5) is 0 Å². The van der Waals surface area contributed by atoms with Crippen molar-refractivity contribution in [3.05, 3.63) is 0 Å². The van der Waals surface area contributed by atoms with Gasteiger partial charge in [-0.2, -0.15) is 0 Å². The highest BCUT2D eigenvalue weighted by atomic mass is 16.1. The highest BCUT2D eigenvalue weighted by molar-refractivity contribution is 5.75. The Kier molecular flexibility index (Phi) is 24.9. The van der Waals surface area contributed by atoms with Crippen LogP contribution >= 0.6 is 0 Å². The van der Waals surface area contributed by atoms with Gasteiger partial charge in [-0.05, 0) is 6.42 Å². The Hall–Kier alpha value is -0.610. The minimum atomic E-state index is 0.191. The van der Waals surface area contributed by atoms with Gasteiger partial charge in [0.1, 0.15) is 0 Å². The van der Waals surface area contributed by atoms with Gasteiger partial charge in [0.05, 0.1) is 0 Å². The van der Waals surface area contributed by atoms with E-state index in [4.69, 9.17) is 5.73 Å². The first-order chi connectivity index (χ1) is 14.3. The summed E-state index contributed by atoms with van der Waals surface area (Å²) in [5.41, 5.74) is 5.40. The lowest BCUT2D eigenvalue weighted by Crippen LogP contribution is -2.33. The molecule has 4 nitrogen and oxygen atoms in total. The molecule has 0 unspecified atom stereocenters.